The Balaban J connectivity index is 2.29. The highest BCUT2D eigenvalue weighted by molar-refractivity contribution is 14.1. The van der Waals surface area contributed by atoms with Crippen molar-refractivity contribution in [2.75, 3.05) is 5.73 Å². The lowest BCUT2D eigenvalue weighted by Gasteiger charge is -2.07. The van der Waals surface area contributed by atoms with Crippen LogP contribution in [0.15, 0.2) is 24.3 Å². The van der Waals surface area contributed by atoms with Crippen LogP contribution in [-0.4, -0.2) is 9.97 Å². The summed E-state index contributed by atoms with van der Waals surface area (Å²) in [7, 11) is 0. The molecular weight excluding hydrogens is 337 g/mol. The molecule has 0 bridgehead atoms. The van der Waals surface area contributed by atoms with Crippen LogP contribution in [0.2, 0.25) is 0 Å². The lowest BCUT2D eigenvalue weighted by atomic mass is 10.1. The summed E-state index contributed by atoms with van der Waals surface area (Å²) in [4.78, 5) is 8.93. The zero-order valence-corrected chi connectivity index (χ0v) is 12.7. The monoisotopic (exact) mass is 353 g/mol. The fourth-order valence-electron chi connectivity index (χ4n) is 1.77. The Morgan fingerprint density at radius 3 is 2.44 bits per heavy atom. The number of hydrogen-bond acceptors (Lipinski definition) is 3. The van der Waals surface area contributed by atoms with E-state index in [1.54, 1.807) is 0 Å². The summed E-state index contributed by atoms with van der Waals surface area (Å²) < 4.78 is 0.975. The predicted molar refractivity (Wildman–Crippen MR) is 82.5 cm³/mol. The topological polar surface area (TPSA) is 51.8 Å². The highest BCUT2D eigenvalue weighted by atomic mass is 127. The molecule has 1 aromatic heterocycles. The molecule has 0 atom stereocenters. The summed E-state index contributed by atoms with van der Waals surface area (Å²) in [6.07, 6.45) is 1.61. The maximum atomic E-state index is 5.92. The van der Waals surface area contributed by atoms with Gasteiger partial charge in [0.15, 0.2) is 0 Å². The van der Waals surface area contributed by atoms with E-state index in [1.807, 2.05) is 0 Å². The maximum absolute atomic E-state index is 5.92. The van der Waals surface area contributed by atoms with Gasteiger partial charge in [0.2, 0.25) is 0 Å². The SMILES string of the molecule is CCc1nc(Cc2ccc(C)cc2)nc(N)c1I. The Bertz CT molecular complexity index is 550. The quantitative estimate of drug-likeness (QED) is 0.863. The summed E-state index contributed by atoms with van der Waals surface area (Å²) >= 11 is 2.21. The van der Waals surface area contributed by atoms with E-state index in [0.717, 1.165) is 27.9 Å². The van der Waals surface area contributed by atoms with Crippen LogP contribution in [0.25, 0.3) is 0 Å². The van der Waals surface area contributed by atoms with Crippen LogP contribution < -0.4 is 5.73 Å². The maximum Gasteiger partial charge on any atom is 0.140 e. The molecule has 0 saturated heterocycles. The molecule has 0 amide bonds. The number of nitrogens with zero attached hydrogens (tertiary/aromatic N) is 2. The van der Waals surface area contributed by atoms with Crippen molar-refractivity contribution < 1.29 is 0 Å². The average Bonchev–Trinajstić information content (AvgIpc) is 2.36. The standard InChI is InChI=1S/C14H16IN3/c1-3-11-13(15)14(16)18-12(17-11)8-10-6-4-9(2)5-7-10/h4-7H,3,8H2,1-2H3,(H2,16,17,18). The van der Waals surface area contributed by atoms with Gasteiger partial charge in [-0.05, 0) is 41.5 Å². The molecule has 18 heavy (non-hydrogen) atoms. The average molecular weight is 353 g/mol. The number of anilines is 1. The van der Waals surface area contributed by atoms with Crippen molar-refractivity contribution in [3.8, 4) is 0 Å². The first-order chi connectivity index (χ1) is 8.60. The normalized spacial score (nSPS) is 10.6. The molecule has 0 unspecified atom stereocenters. The number of nitrogen functional groups attached to an aromatic ring is 1. The molecular formula is C14H16IN3. The summed E-state index contributed by atoms with van der Waals surface area (Å²) in [6.45, 7) is 4.16. The Morgan fingerprint density at radius 2 is 1.83 bits per heavy atom. The lowest BCUT2D eigenvalue weighted by molar-refractivity contribution is 0.901. The van der Waals surface area contributed by atoms with Gasteiger partial charge in [0, 0.05) is 6.42 Å². The van der Waals surface area contributed by atoms with Crippen molar-refractivity contribution in [1.82, 2.24) is 9.97 Å². The third-order valence-corrected chi connectivity index (χ3v) is 3.98. The van der Waals surface area contributed by atoms with E-state index in [1.165, 1.54) is 11.1 Å². The van der Waals surface area contributed by atoms with Gasteiger partial charge in [-0.25, -0.2) is 9.97 Å². The van der Waals surface area contributed by atoms with E-state index in [0.29, 0.717) is 5.82 Å². The highest BCUT2D eigenvalue weighted by Gasteiger charge is 2.08. The third kappa shape index (κ3) is 2.98. The molecule has 0 aliphatic carbocycles. The first kappa shape index (κ1) is 13.3. The molecule has 0 radical (unpaired) electrons. The van der Waals surface area contributed by atoms with Crippen LogP contribution >= 0.6 is 22.6 Å². The number of aromatic nitrogens is 2. The Labute approximate surface area is 121 Å². The molecule has 2 aromatic rings. The van der Waals surface area contributed by atoms with Gasteiger partial charge in [0.05, 0.1) is 9.26 Å². The molecule has 2 N–H and O–H groups in total. The van der Waals surface area contributed by atoms with Gasteiger partial charge in [0.1, 0.15) is 11.6 Å². The minimum atomic E-state index is 0.588. The van der Waals surface area contributed by atoms with Gasteiger partial charge >= 0.3 is 0 Å². The number of nitrogens with two attached hydrogens (primary N) is 1. The fraction of sp³-hybridized carbons (Fsp3) is 0.286. The Hall–Kier alpha value is -1.17. The van der Waals surface area contributed by atoms with Gasteiger partial charge in [0.25, 0.3) is 0 Å². The summed E-state index contributed by atoms with van der Waals surface area (Å²) in [5, 5.41) is 0. The van der Waals surface area contributed by atoms with E-state index in [4.69, 9.17) is 5.73 Å². The van der Waals surface area contributed by atoms with E-state index in [2.05, 4.69) is 70.7 Å². The molecule has 0 aliphatic rings. The molecule has 94 valence electrons. The van der Waals surface area contributed by atoms with Crippen LogP contribution in [0.5, 0.6) is 0 Å². The van der Waals surface area contributed by atoms with Crippen molar-refractivity contribution >= 4 is 28.4 Å². The molecule has 2 rings (SSSR count). The van der Waals surface area contributed by atoms with E-state index < -0.39 is 0 Å². The number of benzene rings is 1. The highest BCUT2D eigenvalue weighted by Crippen LogP contribution is 2.18. The predicted octanol–water partition coefficient (Wildman–Crippen LogP) is 3.13. The molecule has 0 saturated carbocycles. The molecule has 4 heteroatoms. The summed E-state index contributed by atoms with van der Waals surface area (Å²) in [6, 6.07) is 8.43. The molecule has 0 fully saturated rings. The zero-order valence-electron chi connectivity index (χ0n) is 10.6. The second kappa shape index (κ2) is 5.65. The fourth-order valence-corrected chi connectivity index (χ4v) is 2.39. The smallest absolute Gasteiger partial charge is 0.140 e. The first-order valence-corrected chi connectivity index (χ1v) is 7.04. The van der Waals surface area contributed by atoms with Gasteiger partial charge in [-0.1, -0.05) is 36.8 Å². The van der Waals surface area contributed by atoms with Crippen LogP contribution in [0.1, 0.15) is 29.6 Å². The Kier molecular flexibility index (Phi) is 4.16. The largest absolute Gasteiger partial charge is 0.383 e. The van der Waals surface area contributed by atoms with Crippen LogP contribution in [0.3, 0.4) is 0 Å². The van der Waals surface area contributed by atoms with Crippen LogP contribution in [0, 0.1) is 10.5 Å². The number of halogens is 1. The van der Waals surface area contributed by atoms with E-state index in [9.17, 15) is 0 Å². The van der Waals surface area contributed by atoms with Crippen molar-refractivity contribution in [3.05, 3.63) is 50.5 Å². The molecule has 0 spiro atoms. The van der Waals surface area contributed by atoms with E-state index >= 15 is 0 Å². The Morgan fingerprint density at radius 1 is 1.17 bits per heavy atom. The second-order valence-electron chi connectivity index (χ2n) is 4.30. The number of rotatable bonds is 3. The van der Waals surface area contributed by atoms with Crippen LogP contribution in [0.4, 0.5) is 5.82 Å². The third-order valence-electron chi connectivity index (χ3n) is 2.81. The molecule has 1 aromatic carbocycles. The van der Waals surface area contributed by atoms with Crippen LogP contribution in [-0.2, 0) is 12.8 Å². The van der Waals surface area contributed by atoms with Gasteiger partial charge in [-0.15, -0.1) is 0 Å². The second-order valence-corrected chi connectivity index (χ2v) is 5.38. The zero-order chi connectivity index (χ0) is 13.1. The minimum Gasteiger partial charge on any atom is -0.383 e. The van der Waals surface area contributed by atoms with Crippen molar-refractivity contribution in [2.45, 2.75) is 26.7 Å². The van der Waals surface area contributed by atoms with Crippen molar-refractivity contribution in [2.24, 2.45) is 0 Å². The summed E-state index contributed by atoms with van der Waals surface area (Å²) in [5.74, 6) is 1.39. The lowest BCUT2D eigenvalue weighted by Crippen LogP contribution is -2.07. The summed E-state index contributed by atoms with van der Waals surface area (Å²) in [5.41, 5.74) is 9.42. The first-order valence-electron chi connectivity index (χ1n) is 5.96. The van der Waals surface area contributed by atoms with Crippen molar-refractivity contribution in [3.63, 3.8) is 0 Å². The minimum absolute atomic E-state index is 0.588. The van der Waals surface area contributed by atoms with E-state index in [-0.39, 0.29) is 0 Å². The van der Waals surface area contributed by atoms with Gasteiger partial charge in [-0.2, -0.15) is 0 Å². The van der Waals surface area contributed by atoms with Gasteiger partial charge < -0.3 is 5.73 Å². The molecule has 3 nitrogen and oxygen atoms in total. The number of aryl methyl sites for hydroxylation is 2. The van der Waals surface area contributed by atoms with Gasteiger partial charge in [-0.3, -0.25) is 0 Å². The van der Waals surface area contributed by atoms with Crippen molar-refractivity contribution in [1.29, 1.82) is 0 Å². The molecule has 0 aliphatic heterocycles. The molecule has 1 heterocycles. The number of hydrogen-bond donors (Lipinski definition) is 1.